The second-order valence-corrected chi connectivity index (χ2v) is 4.26. The zero-order valence-electron chi connectivity index (χ0n) is 10.2. The molecule has 1 aromatic carbocycles. The van der Waals surface area contributed by atoms with Crippen molar-refractivity contribution in [2.75, 3.05) is 0 Å². The lowest BCUT2D eigenvalue weighted by Gasteiger charge is -2.16. The van der Waals surface area contributed by atoms with Crippen molar-refractivity contribution < 1.29 is 26.3 Å². The van der Waals surface area contributed by atoms with Gasteiger partial charge in [0.2, 0.25) is 0 Å². The molecule has 1 aromatic heterocycles. The van der Waals surface area contributed by atoms with Crippen LogP contribution in [0.2, 0.25) is 0 Å². The highest BCUT2D eigenvalue weighted by Gasteiger charge is 2.43. The Kier molecular flexibility index (Phi) is 3.31. The molecule has 1 nitrogen and oxygen atoms in total. The average molecular weight is 293 g/mol. The molecule has 0 aliphatic heterocycles. The van der Waals surface area contributed by atoms with Gasteiger partial charge in [0.1, 0.15) is 0 Å². The first-order chi connectivity index (χ1) is 9.10. The number of nitrogens with zero attached hydrogens (tertiary/aromatic N) is 1. The van der Waals surface area contributed by atoms with Gasteiger partial charge in [-0.25, -0.2) is 0 Å². The van der Waals surface area contributed by atoms with Crippen LogP contribution >= 0.6 is 0 Å². The molecule has 0 aliphatic rings. The Bertz CT molecular complexity index is 621. The normalized spacial score (nSPS) is 12.8. The lowest BCUT2D eigenvalue weighted by Crippen LogP contribution is -2.16. The number of hydrogen-bond donors (Lipinski definition) is 0. The topological polar surface area (TPSA) is 4.93 Å². The molecule has 20 heavy (non-hydrogen) atoms. The molecule has 0 fully saturated rings. The molecule has 0 aliphatic carbocycles. The zero-order chi connectivity index (χ0) is 15.1. The predicted molar refractivity (Wildman–Crippen MR) is 60.9 cm³/mol. The number of rotatable bonds is 1. The van der Waals surface area contributed by atoms with E-state index in [-0.39, 0.29) is 5.56 Å². The van der Waals surface area contributed by atoms with Crippen molar-refractivity contribution in [3.8, 4) is 11.3 Å². The quantitative estimate of drug-likeness (QED) is 0.670. The van der Waals surface area contributed by atoms with Crippen LogP contribution in [0, 0.1) is 0 Å². The number of aryl methyl sites for hydroxylation is 1. The molecule has 2 aromatic rings. The van der Waals surface area contributed by atoms with Crippen LogP contribution in [0.25, 0.3) is 11.3 Å². The molecule has 7 heteroatoms. The summed E-state index contributed by atoms with van der Waals surface area (Å²) in [6.45, 7) is 0. The number of alkyl halides is 6. The third kappa shape index (κ3) is 2.66. The molecule has 1 heterocycles. The Morgan fingerprint density at radius 1 is 0.850 bits per heavy atom. The van der Waals surface area contributed by atoms with Crippen molar-refractivity contribution in [2.24, 2.45) is 7.05 Å². The Hall–Kier alpha value is -1.92. The van der Waals surface area contributed by atoms with Crippen molar-refractivity contribution in [3.05, 3.63) is 47.7 Å². The third-order valence-corrected chi connectivity index (χ3v) is 2.87. The van der Waals surface area contributed by atoms with Gasteiger partial charge in [-0.3, -0.25) is 0 Å². The van der Waals surface area contributed by atoms with Crippen molar-refractivity contribution >= 4 is 0 Å². The summed E-state index contributed by atoms with van der Waals surface area (Å²) >= 11 is 0. The highest BCUT2D eigenvalue weighted by Crippen LogP contribution is 2.41. The molecule has 0 bridgehead atoms. The van der Waals surface area contributed by atoms with E-state index in [0.717, 1.165) is 6.07 Å². The third-order valence-electron chi connectivity index (χ3n) is 2.87. The first kappa shape index (κ1) is 14.5. The second kappa shape index (κ2) is 4.57. The summed E-state index contributed by atoms with van der Waals surface area (Å²) in [4.78, 5) is 0. The number of halogens is 6. The van der Waals surface area contributed by atoms with Crippen LogP contribution in [0.3, 0.4) is 0 Å². The van der Waals surface area contributed by atoms with E-state index < -0.39 is 23.5 Å². The molecule has 0 amide bonds. The lowest BCUT2D eigenvalue weighted by atomic mass is 10.0. The molecule has 0 unspecified atom stereocenters. The van der Waals surface area contributed by atoms with Gasteiger partial charge in [-0.2, -0.15) is 26.3 Å². The zero-order valence-corrected chi connectivity index (χ0v) is 10.2. The Labute approximate surface area is 110 Å². The van der Waals surface area contributed by atoms with Crippen molar-refractivity contribution in [3.63, 3.8) is 0 Å². The number of aromatic nitrogens is 1. The summed E-state index contributed by atoms with van der Waals surface area (Å²) in [5.74, 6) is 0. The number of benzene rings is 1. The Morgan fingerprint density at radius 3 is 1.90 bits per heavy atom. The van der Waals surface area contributed by atoms with Crippen LogP contribution in [0.15, 0.2) is 36.5 Å². The summed E-state index contributed by atoms with van der Waals surface area (Å²) in [6, 6.07) is 5.15. The van der Waals surface area contributed by atoms with E-state index in [1.807, 2.05) is 0 Å². The van der Waals surface area contributed by atoms with Gasteiger partial charge in [-0.15, -0.1) is 0 Å². The first-order valence-corrected chi connectivity index (χ1v) is 5.51. The van der Waals surface area contributed by atoms with Crippen LogP contribution in [-0.2, 0) is 19.4 Å². The highest BCUT2D eigenvalue weighted by atomic mass is 19.4. The van der Waals surface area contributed by atoms with E-state index in [1.54, 1.807) is 19.3 Å². The fraction of sp³-hybridized carbons (Fsp3) is 0.231. The standard InChI is InChI=1S/C13H9F6N/c1-20-6-2-3-11(20)8-4-5-9(12(14,15)16)10(7-8)13(17,18)19/h2-7H,1H3. The molecule has 0 saturated carbocycles. The van der Waals surface area contributed by atoms with Gasteiger partial charge >= 0.3 is 12.4 Å². The molecule has 0 saturated heterocycles. The van der Waals surface area contributed by atoms with Crippen molar-refractivity contribution in [1.29, 1.82) is 0 Å². The minimum Gasteiger partial charge on any atom is -0.351 e. The minimum atomic E-state index is -5.06. The van der Waals surface area contributed by atoms with E-state index in [4.69, 9.17) is 0 Å². The van der Waals surface area contributed by atoms with E-state index in [0.29, 0.717) is 17.8 Å². The van der Waals surface area contributed by atoms with E-state index >= 15 is 0 Å². The maximum atomic E-state index is 12.8. The maximum absolute atomic E-state index is 12.8. The van der Waals surface area contributed by atoms with Crippen LogP contribution in [0.5, 0.6) is 0 Å². The lowest BCUT2D eigenvalue weighted by molar-refractivity contribution is -0.162. The number of hydrogen-bond acceptors (Lipinski definition) is 0. The Morgan fingerprint density at radius 2 is 1.45 bits per heavy atom. The fourth-order valence-corrected chi connectivity index (χ4v) is 1.95. The van der Waals surface area contributed by atoms with Crippen LogP contribution in [-0.4, -0.2) is 4.57 Å². The van der Waals surface area contributed by atoms with Crippen molar-refractivity contribution in [2.45, 2.75) is 12.4 Å². The smallest absolute Gasteiger partial charge is 0.351 e. The molecule has 0 atom stereocenters. The summed E-state index contributed by atoms with van der Waals surface area (Å²) in [7, 11) is 1.60. The molecule has 0 radical (unpaired) electrons. The largest absolute Gasteiger partial charge is 0.417 e. The second-order valence-electron chi connectivity index (χ2n) is 4.26. The Balaban J connectivity index is 2.64. The molecule has 108 valence electrons. The van der Waals surface area contributed by atoms with Gasteiger partial charge in [0, 0.05) is 18.9 Å². The van der Waals surface area contributed by atoms with Crippen molar-refractivity contribution in [1.82, 2.24) is 4.57 Å². The molecular formula is C13H9F6N. The van der Waals surface area contributed by atoms with Crippen LogP contribution in [0.4, 0.5) is 26.3 Å². The molecule has 2 rings (SSSR count). The van der Waals surface area contributed by atoms with Crippen LogP contribution < -0.4 is 0 Å². The molecule has 0 spiro atoms. The summed E-state index contributed by atoms with van der Waals surface area (Å²) in [6.07, 6.45) is -8.51. The van der Waals surface area contributed by atoms with Gasteiger partial charge < -0.3 is 4.57 Å². The SMILES string of the molecule is Cn1cccc1-c1ccc(C(F)(F)F)c(C(F)(F)F)c1. The van der Waals surface area contributed by atoms with Gasteiger partial charge in [0.25, 0.3) is 0 Å². The predicted octanol–water partition coefficient (Wildman–Crippen LogP) is 4.73. The molecular weight excluding hydrogens is 284 g/mol. The van der Waals surface area contributed by atoms with E-state index in [2.05, 4.69) is 0 Å². The monoisotopic (exact) mass is 293 g/mol. The van der Waals surface area contributed by atoms with Gasteiger partial charge in [0.05, 0.1) is 11.1 Å². The van der Waals surface area contributed by atoms with Gasteiger partial charge in [-0.1, -0.05) is 6.07 Å². The molecule has 0 N–H and O–H groups in total. The minimum absolute atomic E-state index is 0.0813. The summed E-state index contributed by atoms with van der Waals surface area (Å²) < 4.78 is 77.8. The van der Waals surface area contributed by atoms with Crippen LogP contribution in [0.1, 0.15) is 11.1 Å². The maximum Gasteiger partial charge on any atom is 0.417 e. The highest BCUT2D eigenvalue weighted by molar-refractivity contribution is 5.62. The van der Waals surface area contributed by atoms with Gasteiger partial charge in [-0.05, 0) is 29.8 Å². The van der Waals surface area contributed by atoms with Gasteiger partial charge in [0.15, 0.2) is 0 Å². The van der Waals surface area contributed by atoms with E-state index in [1.165, 1.54) is 10.6 Å². The van der Waals surface area contributed by atoms with E-state index in [9.17, 15) is 26.3 Å². The summed E-state index contributed by atoms with van der Waals surface area (Å²) in [5.41, 5.74) is -2.87. The first-order valence-electron chi connectivity index (χ1n) is 5.51. The average Bonchev–Trinajstić information content (AvgIpc) is 2.72. The summed E-state index contributed by atoms with van der Waals surface area (Å²) in [5, 5.41) is 0. The fourth-order valence-electron chi connectivity index (χ4n) is 1.95.